The quantitative estimate of drug-likeness (QED) is 0.762. The molecule has 0 saturated heterocycles. The summed E-state index contributed by atoms with van der Waals surface area (Å²) in [5.41, 5.74) is 1.20. The smallest absolute Gasteiger partial charge is 0.0447 e. The molecule has 2 atom stereocenters. The van der Waals surface area contributed by atoms with Crippen LogP contribution >= 0.6 is 0 Å². The maximum atomic E-state index is 4.45. The molecule has 1 heterocycles. The van der Waals surface area contributed by atoms with Crippen LogP contribution in [0.15, 0.2) is 24.4 Å². The van der Waals surface area contributed by atoms with Gasteiger partial charge in [0.1, 0.15) is 0 Å². The highest BCUT2D eigenvalue weighted by atomic mass is 14.9. The number of rotatable bonds is 7. The monoisotopic (exact) mass is 220 g/mol. The topological polar surface area (TPSA) is 24.9 Å². The predicted octanol–water partition coefficient (Wildman–Crippen LogP) is 3.35. The van der Waals surface area contributed by atoms with Crippen LogP contribution in [0.5, 0.6) is 0 Å². The maximum Gasteiger partial charge on any atom is 0.0447 e. The van der Waals surface area contributed by atoms with Gasteiger partial charge in [0.05, 0.1) is 0 Å². The van der Waals surface area contributed by atoms with Crippen molar-refractivity contribution in [1.82, 2.24) is 10.3 Å². The summed E-state index contributed by atoms with van der Waals surface area (Å²) in [5, 5.41) is 3.63. The molecule has 16 heavy (non-hydrogen) atoms. The van der Waals surface area contributed by atoms with E-state index in [1.54, 1.807) is 0 Å². The Morgan fingerprint density at radius 1 is 1.25 bits per heavy atom. The Hall–Kier alpha value is -0.890. The summed E-state index contributed by atoms with van der Waals surface area (Å²) in [4.78, 5) is 4.45. The first-order chi connectivity index (χ1) is 7.79. The zero-order valence-electron chi connectivity index (χ0n) is 10.7. The lowest BCUT2D eigenvalue weighted by atomic mass is 9.94. The number of nitrogens with zero attached hydrogens (tertiary/aromatic N) is 1. The van der Waals surface area contributed by atoms with Crippen LogP contribution in [0.1, 0.15) is 51.6 Å². The molecular formula is C14H24N2. The molecule has 1 aromatic rings. The van der Waals surface area contributed by atoms with E-state index in [1.807, 2.05) is 12.3 Å². The predicted molar refractivity (Wildman–Crippen MR) is 69.6 cm³/mol. The zero-order valence-corrected chi connectivity index (χ0v) is 10.7. The zero-order chi connectivity index (χ0) is 11.8. The van der Waals surface area contributed by atoms with Crippen molar-refractivity contribution in [3.63, 3.8) is 0 Å². The summed E-state index contributed by atoms with van der Waals surface area (Å²) < 4.78 is 0. The molecule has 1 rings (SSSR count). The highest BCUT2D eigenvalue weighted by Crippen LogP contribution is 2.19. The van der Waals surface area contributed by atoms with Crippen LogP contribution < -0.4 is 5.32 Å². The Labute approximate surface area is 99.5 Å². The molecule has 0 aromatic carbocycles. The Bertz CT molecular complexity index is 271. The molecule has 0 spiro atoms. The largest absolute Gasteiger partial charge is 0.313 e. The molecule has 0 amide bonds. The second-order valence-electron chi connectivity index (χ2n) is 4.39. The average Bonchev–Trinajstić information content (AvgIpc) is 2.35. The maximum absolute atomic E-state index is 4.45. The number of hydrogen-bond acceptors (Lipinski definition) is 2. The molecule has 1 N–H and O–H groups in total. The summed E-state index contributed by atoms with van der Waals surface area (Å²) in [5.74, 6) is 0.493. The van der Waals surface area contributed by atoms with Crippen molar-refractivity contribution < 1.29 is 0 Å². The van der Waals surface area contributed by atoms with E-state index in [0.29, 0.717) is 12.0 Å². The number of nitrogens with one attached hydrogen (secondary N) is 1. The highest BCUT2D eigenvalue weighted by molar-refractivity contribution is 5.11. The summed E-state index contributed by atoms with van der Waals surface area (Å²) in [6, 6.07) is 6.73. The second-order valence-corrected chi connectivity index (χ2v) is 4.39. The van der Waals surface area contributed by atoms with E-state index < -0.39 is 0 Å². The first kappa shape index (κ1) is 13.2. The molecule has 0 fully saturated rings. The van der Waals surface area contributed by atoms with Crippen LogP contribution in [0.4, 0.5) is 0 Å². The van der Waals surface area contributed by atoms with Gasteiger partial charge < -0.3 is 5.32 Å². The normalized spacial score (nSPS) is 14.7. The van der Waals surface area contributed by atoms with Crippen molar-refractivity contribution in [1.29, 1.82) is 0 Å². The van der Waals surface area contributed by atoms with Crippen LogP contribution in [-0.2, 0) is 0 Å². The van der Waals surface area contributed by atoms with Crippen molar-refractivity contribution in [3.05, 3.63) is 30.1 Å². The lowest BCUT2D eigenvalue weighted by Gasteiger charge is -2.24. The third-order valence-corrected chi connectivity index (χ3v) is 3.01. The van der Waals surface area contributed by atoms with Gasteiger partial charge in [-0.2, -0.15) is 0 Å². The lowest BCUT2D eigenvalue weighted by molar-refractivity contribution is 0.415. The molecule has 0 aliphatic carbocycles. The lowest BCUT2D eigenvalue weighted by Crippen LogP contribution is -2.34. The Morgan fingerprint density at radius 3 is 2.62 bits per heavy atom. The third kappa shape index (κ3) is 3.93. The van der Waals surface area contributed by atoms with Crippen LogP contribution in [0.2, 0.25) is 0 Å². The Balaban J connectivity index is 2.62. The third-order valence-electron chi connectivity index (χ3n) is 3.01. The molecule has 0 radical (unpaired) electrons. The van der Waals surface area contributed by atoms with E-state index in [0.717, 1.165) is 6.54 Å². The van der Waals surface area contributed by atoms with E-state index >= 15 is 0 Å². The van der Waals surface area contributed by atoms with Gasteiger partial charge in [0.25, 0.3) is 0 Å². The van der Waals surface area contributed by atoms with E-state index in [1.165, 1.54) is 25.0 Å². The van der Waals surface area contributed by atoms with Crippen molar-refractivity contribution in [3.8, 4) is 0 Å². The fourth-order valence-electron chi connectivity index (χ4n) is 2.02. The van der Waals surface area contributed by atoms with Gasteiger partial charge in [0, 0.05) is 23.9 Å². The van der Waals surface area contributed by atoms with E-state index in [2.05, 4.69) is 43.2 Å². The van der Waals surface area contributed by atoms with Crippen molar-refractivity contribution in [2.24, 2.45) is 0 Å². The molecule has 2 nitrogen and oxygen atoms in total. The van der Waals surface area contributed by atoms with Crippen molar-refractivity contribution in [2.45, 2.75) is 52.0 Å². The fraction of sp³-hybridized carbons (Fsp3) is 0.643. The van der Waals surface area contributed by atoms with Crippen LogP contribution in [0.3, 0.4) is 0 Å². The SMILES string of the molecule is CCCNC(CCC)C(C)c1ccccn1. The van der Waals surface area contributed by atoms with Gasteiger partial charge in [-0.05, 0) is 31.5 Å². The number of pyridine rings is 1. The molecule has 0 aliphatic heterocycles. The minimum Gasteiger partial charge on any atom is -0.313 e. The van der Waals surface area contributed by atoms with Crippen LogP contribution in [0.25, 0.3) is 0 Å². The Morgan fingerprint density at radius 2 is 2.06 bits per heavy atom. The van der Waals surface area contributed by atoms with Crippen LogP contribution in [-0.4, -0.2) is 17.6 Å². The molecular weight excluding hydrogens is 196 g/mol. The molecule has 2 unspecified atom stereocenters. The Kier molecular flexibility index (Phi) is 6.09. The van der Waals surface area contributed by atoms with Gasteiger partial charge in [-0.3, -0.25) is 4.98 Å². The molecule has 0 aliphatic rings. The fourth-order valence-corrected chi connectivity index (χ4v) is 2.02. The summed E-state index contributed by atoms with van der Waals surface area (Å²) in [6.07, 6.45) is 5.51. The highest BCUT2D eigenvalue weighted by Gasteiger charge is 2.17. The van der Waals surface area contributed by atoms with E-state index in [-0.39, 0.29) is 0 Å². The summed E-state index contributed by atoms with van der Waals surface area (Å²) >= 11 is 0. The number of hydrogen-bond donors (Lipinski definition) is 1. The molecule has 0 bridgehead atoms. The molecule has 0 saturated carbocycles. The molecule has 1 aromatic heterocycles. The van der Waals surface area contributed by atoms with Gasteiger partial charge in [-0.15, -0.1) is 0 Å². The molecule has 90 valence electrons. The average molecular weight is 220 g/mol. The van der Waals surface area contributed by atoms with Gasteiger partial charge in [-0.1, -0.05) is 33.3 Å². The summed E-state index contributed by atoms with van der Waals surface area (Å²) in [6.45, 7) is 7.82. The van der Waals surface area contributed by atoms with Gasteiger partial charge >= 0.3 is 0 Å². The van der Waals surface area contributed by atoms with Gasteiger partial charge in [-0.25, -0.2) is 0 Å². The minimum absolute atomic E-state index is 0.493. The number of aromatic nitrogens is 1. The van der Waals surface area contributed by atoms with Crippen molar-refractivity contribution >= 4 is 0 Å². The molecule has 2 heteroatoms. The van der Waals surface area contributed by atoms with E-state index in [4.69, 9.17) is 0 Å². The minimum atomic E-state index is 0.493. The van der Waals surface area contributed by atoms with Crippen LogP contribution in [0, 0.1) is 0 Å². The second kappa shape index (κ2) is 7.39. The first-order valence-corrected chi connectivity index (χ1v) is 6.43. The van der Waals surface area contributed by atoms with Crippen molar-refractivity contribution in [2.75, 3.05) is 6.54 Å². The first-order valence-electron chi connectivity index (χ1n) is 6.43. The standard InChI is InChI=1S/C14H24N2/c1-4-8-13(15-10-5-2)12(3)14-9-6-7-11-16-14/h6-7,9,11-13,15H,4-5,8,10H2,1-3H3. The summed E-state index contributed by atoms with van der Waals surface area (Å²) in [7, 11) is 0. The van der Waals surface area contributed by atoms with E-state index in [9.17, 15) is 0 Å². The van der Waals surface area contributed by atoms with Gasteiger partial charge in [0.2, 0.25) is 0 Å². The van der Waals surface area contributed by atoms with Gasteiger partial charge in [0.15, 0.2) is 0 Å².